The number of nitrogens with two attached hydrogens (primary N) is 1. The monoisotopic (exact) mass is 268 g/mol. The Morgan fingerprint density at radius 3 is 2.53 bits per heavy atom. The third-order valence-corrected chi connectivity index (χ3v) is 3.23. The van der Waals surface area contributed by atoms with E-state index in [4.69, 9.17) is 5.73 Å². The second-order valence-electron chi connectivity index (χ2n) is 4.60. The van der Waals surface area contributed by atoms with Gasteiger partial charge in [0.15, 0.2) is 23.3 Å². The summed E-state index contributed by atoms with van der Waals surface area (Å²) in [6.45, 7) is 0.484. The van der Waals surface area contributed by atoms with E-state index in [0.29, 0.717) is 18.8 Å². The highest BCUT2D eigenvalue weighted by Gasteiger charge is 2.22. The smallest absolute Gasteiger partial charge is 0.194 e. The van der Waals surface area contributed by atoms with E-state index in [1.807, 2.05) is 0 Å². The number of halogens is 3. The number of fused-ring (bicyclic) bond motifs is 1. The molecular weight excluding hydrogens is 257 g/mol. The summed E-state index contributed by atoms with van der Waals surface area (Å²) in [5.41, 5.74) is 6.01. The topological polar surface area (TPSA) is 56.7 Å². The summed E-state index contributed by atoms with van der Waals surface area (Å²) in [4.78, 5) is 0. The minimum Gasteiger partial charge on any atom is -0.326 e. The molecule has 2 heterocycles. The van der Waals surface area contributed by atoms with Gasteiger partial charge in [0, 0.05) is 24.6 Å². The zero-order chi connectivity index (χ0) is 13.6. The van der Waals surface area contributed by atoms with Gasteiger partial charge < -0.3 is 10.3 Å². The quantitative estimate of drug-likeness (QED) is 0.800. The maximum absolute atomic E-state index is 13.2. The molecule has 2 aromatic rings. The molecule has 1 aromatic heterocycles. The zero-order valence-electron chi connectivity index (χ0n) is 9.91. The number of hydrogen-bond donors (Lipinski definition) is 1. The van der Waals surface area contributed by atoms with Gasteiger partial charge in [-0.2, -0.15) is 0 Å². The Kier molecular flexibility index (Phi) is 2.78. The average molecular weight is 268 g/mol. The molecule has 0 fully saturated rings. The van der Waals surface area contributed by atoms with Crippen LogP contribution in [0.3, 0.4) is 0 Å². The van der Waals surface area contributed by atoms with Gasteiger partial charge in [0.2, 0.25) is 0 Å². The average Bonchev–Trinajstić information content (AvgIpc) is 2.78. The Bertz CT molecular complexity index is 615. The lowest BCUT2D eigenvalue weighted by atomic mass is 10.1. The van der Waals surface area contributed by atoms with Gasteiger partial charge in [-0.3, -0.25) is 0 Å². The molecule has 19 heavy (non-hydrogen) atoms. The Morgan fingerprint density at radius 1 is 1.16 bits per heavy atom. The van der Waals surface area contributed by atoms with E-state index in [1.165, 1.54) is 0 Å². The van der Waals surface area contributed by atoms with Crippen LogP contribution in [-0.4, -0.2) is 20.8 Å². The van der Waals surface area contributed by atoms with Gasteiger partial charge in [0.1, 0.15) is 5.82 Å². The van der Waals surface area contributed by atoms with Crippen LogP contribution in [0.15, 0.2) is 12.1 Å². The molecule has 1 unspecified atom stereocenters. The summed E-state index contributed by atoms with van der Waals surface area (Å²) >= 11 is 0. The highest BCUT2D eigenvalue weighted by Crippen LogP contribution is 2.25. The summed E-state index contributed by atoms with van der Waals surface area (Å²) in [5, 5.41) is 7.88. The third-order valence-electron chi connectivity index (χ3n) is 3.23. The normalized spacial score (nSPS) is 18.4. The molecule has 7 heteroatoms. The SMILES string of the molecule is NC1CCc2nnc(-c3cc(F)c(F)c(F)c3)n2C1. The lowest BCUT2D eigenvalue weighted by Gasteiger charge is -2.20. The molecule has 1 atom stereocenters. The van der Waals surface area contributed by atoms with Gasteiger partial charge in [-0.1, -0.05) is 0 Å². The van der Waals surface area contributed by atoms with Crippen LogP contribution in [0.25, 0.3) is 11.4 Å². The van der Waals surface area contributed by atoms with Crippen molar-refractivity contribution < 1.29 is 13.2 Å². The van der Waals surface area contributed by atoms with Crippen LogP contribution >= 0.6 is 0 Å². The minimum absolute atomic E-state index is 0.0441. The van der Waals surface area contributed by atoms with Crippen molar-refractivity contribution in [2.45, 2.75) is 25.4 Å². The standard InChI is InChI=1S/C12H11F3N4/c13-8-3-6(4-9(14)11(8)15)12-18-17-10-2-1-7(16)5-19(10)12/h3-4,7H,1-2,5,16H2. The van der Waals surface area contributed by atoms with E-state index >= 15 is 0 Å². The fraction of sp³-hybridized carbons (Fsp3) is 0.333. The van der Waals surface area contributed by atoms with E-state index in [1.54, 1.807) is 4.57 Å². The van der Waals surface area contributed by atoms with Crippen molar-refractivity contribution in [1.82, 2.24) is 14.8 Å². The number of benzene rings is 1. The molecule has 4 nitrogen and oxygen atoms in total. The lowest BCUT2D eigenvalue weighted by Crippen LogP contribution is -2.32. The first-order valence-electron chi connectivity index (χ1n) is 5.89. The first-order valence-corrected chi connectivity index (χ1v) is 5.89. The molecular formula is C12H11F3N4. The van der Waals surface area contributed by atoms with Gasteiger partial charge in [-0.05, 0) is 18.6 Å². The molecule has 0 aliphatic carbocycles. The molecule has 0 saturated carbocycles. The summed E-state index contributed by atoms with van der Waals surface area (Å²) in [7, 11) is 0. The molecule has 1 aromatic carbocycles. The number of nitrogens with zero attached hydrogens (tertiary/aromatic N) is 3. The van der Waals surface area contributed by atoms with Gasteiger partial charge in [0.05, 0.1) is 0 Å². The molecule has 0 radical (unpaired) electrons. The van der Waals surface area contributed by atoms with Crippen LogP contribution in [0.1, 0.15) is 12.2 Å². The number of hydrogen-bond acceptors (Lipinski definition) is 3. The highest BCUT2D eigenvalue weighted by molar-refractivity contribution is 5.56. The number of aryl methyl sites for hydroxylation is 1. The van der Waals surface area contributed by atoms with E-state index < -0.39 is 17.5 Å². The van der Waals surface area contributed by atoms with Crippen molar-refractivity contribution in [1.29, 1.82) is 0 Å². The largest absolute Gasteiger partial charge is 0.326 e. The second kappa shape index (κ2) is 4.34. The first kappa shape index (κ1) is 12.2. The predicted molar refractivity (Wildman–Crippen MR) is 61.6 cm³/mol. The van der Waals surface area contributed by atoms with Gasteiger partial charge >= 0.3 is 0 Å². The molecule has 3 rings (SSSR count). The Hall–Kier alpha value is -1.89. The number of rotatable bonds is 1. The summed E-state index contributed by atoms with van der Waals surface area (Å²) in [6, 6.07) is 1.78. The fourth-order valence-corrected chi connectivity index (χ4v) is 2.25. The molecule has 0 bridgehead atoms. The summed E-state index contributed by atoms with van der Waals surface area (Å²) in [5.74, 6) is -2.94. The molecule has 100 valence electrons. The van der Waals surface area contributed by atoms with Crippen LogP contribution in [-0.2, 0) is 13.0 Å². The predicted octanol–water partition coefficient (Wildman–Crippen LogP) is 1.64. The van der Waals surface area contributed by atoms with E-state index in [0.717, 1.165) is 24.4 Å². The molecule has 0 saturated heterocycles. The van der Waals surface area contributed by atoms with Crippen LogP contribution in [0.5, 0.6) is 0 Å². The van der Waals surface area contributed by atoms with Crippen molar-refractivity contribution in [3.05, 3.63) is 35.4 Å². The van der Waals surface area contributed by atoms with Crippen molar-refractivity contribution in [2.24, 2.45) is 5.73 Å². The Morgan fingerprint density at radius 2 is 1.84 bits per heavy atom. The van der Waals surface area contributed by atoms with Gasteiger partial charge in [-0.15, -0.1) is 10.2 Å². The Balaban J connectivity index is 2.11. The van der Waals surface area contributed by atoms with Gasteiger partial charge in [0.25, 0.3) is 0 Å². The third kappa shape index (κ3) is 1.99. The summed E-state index contributed by atoms with van der Waals surface area (Å²) in [6.07, 6.45) is 1.46. The van der Waals surface area contributed by atoms with Crippen LogP contribution < -0.4 is 5.73 Å². The Labute approximate surface area is 107 Å². The van der Waals surface area contributed by atoms with Crippen molar-refractivity contribution in [2.75, 3.05) is 0 Å². The van der Waals surface area contributed by atoms with Crippen molar-refractivity contribution in [3.63, 3.8) is 0 Å². The van der Waals surface area contributed by atoms with E-state index in [2.05, 4.69) is 10.2 Å². The molecule has 2 N–H and O–H groups in total. The van der Waals surface area contributed by atoms with Crippen LogP contribution in [0.4, 0.5) is 13.2 Å². The van der Waals surface area contributed by atoms with Crippen molar-refractivity contribution in [3.8, 4) is 11.4 Å². The second-order valence-corrected chi connectivity index (χ2v) is 4.60. The fourth-order valence-electron chi connectivity index (χ4n) is 2.25. The first-order chi connectivity index (χ1) is 9.06. The van der Waals surface area contributed by atoms with E-state index in [9.17, 15) is 13.2 Å². The molecule has 1 aliphatic heterocycles. The van der Waals surface area contributed by atoms with Gasteiger partial charge in [-0.25, -0.2) is 13.2 Å². The maximum atomic E-state index is 13.2. The van der Waals surface area contributed by atoms with E-state index in [-0.39, 0.29) is 11.6 Å². The molecule has 0 amide bonds. The van der Waals surface area contributed by atoms with Crippen LogP contribution in [0.2, 0.25) is 0 Å². The molecule has 1 aliphatic rings. The summed E-state index contributed by atoms with van der Waals surface area (Å²) < 4.78 is 41.2. The van der Waals surface area contributed by atoms with Crippen LogP contribution in [0, 0.1) is 17.5 Å². The molecule has 0 spiro atoms. The highest BCUT2D eigenvalue weighted by atomic mass is 19.2. The zero-order valence-corrected chi connectivity index (χ0v) is 9.91. The van der Waals surface area contributed by atoms with Crippen molar-refractivity contribution >= 4 is 0 Å². The minimum atomic E-state index is -1.49. The lowest BCUT2D eigenvalue weighted by molar-refractivity contribution is 0.445. The maximum Gasteiger partial charge on any atom is 0.194 e. The number of aromatic nitrogens is 3.